The van der Waals surface area contributed by atoms with Gasteiger partial charge in [-0.3, -0.25) is 4.79 Å². The maximum atomic E-state index is 13.6. The molecule has 1 aromatic carbocycles. The van der Waals surface area contributed by atoms with Crippen LogP contribution in [0.2, 0.25) is 0 Å². The quantitative estimate of drug-likeness (QED) is 0.345. The molecule has 1 amide bonds. The third-order valence-corrected chi connectivity index (χ3v) is 4.38. The summed E-state index contributed by atoms with van der Waals surface area (Å²) in [6.45, 7) is 0.964. The Bertz CT molecular complexity index is 754. The predicted molar refractivity (Wildman–Crippen MR) is 117 cm³/mol. The van der Waals surface area contributed by atoms with Gasteiger partial charge in [0.05, 0.1) is 26.7 Å². The van der Waals surface area contributed by atoms with Crippen molar-refractivity contribution < 1.29 is 13.9 Å². The first-order valence-corrected chi connectivity index (χ1v) is 8.94. The minimum atomic E-state index is -0.376. The summed E-state index contributed by atoms with van der Waals surface area (Å²) in [5.74, 6) is 0.484. The average Bonchev–Trinajstić information content (AvgIpc) is 3.13. The molecule has 0 bridgehead atoms. The smallest absolute Gasteiger partial charge is 0.241 e. The first-order valence-electron chi connectivity index (χ1n) is 8.06. The molecule has 0 aliphatic rings. The van der Waals surface area contributed by atoms with Crippen LogP contribution >= 0.6 is 35.3 Å². The molecule has 0 saturated heterocycles. The lowest BCUT2D eigenvalue weighted by atomic mass is 10.2. The predicted octanol–water partition coefficient (Wildman–Crippen LogP) is 2.84. The number of guanidine groups is 1. The van der Waals surface area contributed by atoms with Crippen molar-refractivity contribution >= 4 is 47.2 Å². The molecule has 9 heteroatoms. The number of aliphatic imine (C=N–C) groups is 1. The highest BCUT2D eigenvalue weighted by molar-refractivity contribution is 14.0. The molecule has 0 radical (unpaired) electrons. The van der Waals surface area contributed by atoms with Gasteiger partial charge >= 0.3 is 0 Å². The Balaban J connectivity index is 0.00000364. The van der Waals surface area contributed by atoms with Crippen LogP contribution in [0.3, 0.4) is 0 Å². The van der Waals surface area contributed by atoms with Crippen LogP contribution in [0.1, 0.15) is 10.4 Å². The third kappa shape index (κ3) is 8.12. The Morgan fingerprint density at radius 3 is 2.70 bits per heavy atom. The Kier molecular flexibility index (Phi) is 10.1. The number of carbonyl (C=O) groups is 1. The summed E-state index contributed by atoms with van der Waals surface area (Å²) < 4.78 is 18.7. The van der Waals surface area contributed by atoms with Crippen molar-refractivity contribution in [3.63, 3.8) is 0 Å². The maximum absolute atomic E-state index is 13.6. The van der Waals surface area contributed by atoms with Crippen LogP contribution in [0.4, 0.5) is 4.39 Å². The number of rotatable bonds is 7. The maximum Gasteiger partial charge on any atom is 0.241 e. The molecule has 1 aromatic heterocycles. The zero-order valence-corrected chi connectivity index (χ0v) is 18.6. The van der Waals surface area contributed by atoms with Crippen molar-refractivity contribution in [1.82, 2.24) is 15.5 Å². The number of nitrogens with zero attached hydrogens (tertiary/aromatic N) is 2. The SMILES string of the molecule is COc1cc(F)cc(CN=C(NCC(=O)N(C)C)NCc2cccs2)c1.I. The number of methoxy groups -OCH3 is 1. The zero-order chi connectivity index (χ0) is 18.9. The van der Waals surface area contributed by atoms with Crippen LogP contribution in [0.5, 0.6) is 5.75 Å². The molecule has 27 heavy (non-hydrogen) atoms. The fourth-order valence-electron chi connectivity index (χ4n) is 2.08. The molecule has 0 spiro atoms. The van der Waals surface area contributed by atoms with E-state index in [1.54, 1.807) is 31.5 Å². The fraction of sp³-hybridized carbons (Fsp3) is 0.333. The standard InChI is InChI=1S/C18H23FN4O2S.HI/c1-23(2)17(24)12-22-18(21-11-16-5-4-6-26-16)20-10-13-7-14(19)9-15(8-13)25-3;/h4-9H,10-12H2,1-3H3,(H2,20,21,22);1H. The monoisotopic (exact) mass is 506 g/mol. The molecule has 2 N–H and O–H groups in total. The highest BCUT2D eigenvalue weighted by atomic mass is 127. The number of hydrogen-bond donors (Lipinski definition) is 2. The van der Waals surface area contributed by atoms with Crippen LogP contribution < -0.4 is 15.4 Å². The highest BCUT2D eigenvalue weighted by Gasteiger charge is 2.07. The summed E-state index contributed by atoms with van der Waals surface area (Å²) in [4.78, 5) is 18.9. The van der Waals surface area contributed by atoms with E-state index in [1.807, 2.05) is 17.5 Å². The van der Waals surface area contributed by atoms with E-state index in [1.165, 1.54) is 24.1 Å². The lowest BCUT2D eigenvalue weighted by Gasteiger charge is -2.14. The number of likely N-dealkylation sites (N-methyl/N-ethyl adjacent to an activating group) is 1. The Morgan fingerprint density at radius 1 is 1.30 bits per heavy atom. The van der Waals surface area contributed by atoms with E-state index in [9.17, 15) is 9.18 Å². The highest BCUT2D eigenvalue weighted by Crippen LogP contribution is 2.16. The number of benzene rings is 1. The summed E-state index contributed by atoms with van der Waals surface area (Å²) in [7, 11) is 4.88. The molecule has 6 nitrogen and oxygen atoms in total. The second-order valence-corrected chi connectivity index (χ2v) is 6.77. The first-order chi connectivity index (χ1) is 12.5. The Labute approximate surface area is 179 Å². The van der Waals surface area contributed by atoms with Crippen molar-refractivity contribution in [2.75, 3.05) is 27.7 Å². The molecule has 1 heterocycles. The van der Waals surface area contributed by atoms with Crippen molar-refractivity contribution in [3.8, 4) is 5.75 Å². The number of ether oxygens (including phenoxy) is 1. The van der Waals surface area contributed by atoms with Crippen LogP contribution in [0.15, 0.2) is 40.7 Å². The van der Waals surface area contributed by atoms with Crippen molar-refractivity contribution in [2.45, 2.75) is 13.1 Å². The largest absolute Gasteiger partial charge is 0.497 e. The normalized spacial score (nSPS) is 10.7. The van der Waals surface area contributed by atoms with Gasteiger partial charge in [-0.15, -0.1) is 35.3 Å². The van der Waals surface area contributed by atoms with Gasteiger partial charge < -0.3 is 20.3 Å². The molecule has 0 unspecified atom stereocenters. The van der Waals surface area contributed by atoms with E-state index in [0.717, 1.165) is 4.88 Å². The summed E-state index contributed by atoms with van der Waals surface area (Å²) in [5, 5.41) is 8.18. The van der Waals surface area contributed by atoms with Gasteiger partial charge in [-0.1, -0.05) is 6.07 Å². The van der Waals surface area contributed by atoms with Crippen molar-refractivity contribution in [3.05, 3.63) is 52.0 Å². The number of nitrogens with one attached hydrogen (secondary N) is 2. The van der Waals surface area contributed by atoms with E-state index >= 15 is 0 Å². The number of thiophene rings is 1. The molecule has 0 atom stereocenters. The summed E-state index contributed by atoms with van der Waals surface area (Å²) in [6.07, 6.45) is 0. The van der Waals surface area contributed by atoms with Gasteiger partial charge in [0.1, 0.15) is 11.6 Å². The van der Waals surface area contributed by atoms with Gasteiger partial charge in [-0.2, -0.15) is 0 Å². The molecule has 0 saturated carbocycles. The van der Waals surface area contributed by atoms with E-state index in [2.05, 4.69) is 15.6 Å². The third-order valence-electron chi connectivity index (χ3n) is 3.50. The zero-order valence-electron chi connectivity index (χ0n) is 15.5. The lowest BCUT2D eigenvalue weighted by Crippen LogP contribution is -2.42. The van der Waals surface area contributed by atoms with E-state index in [0.29, 0.717) is 23.8 Å². The fourth-order valence-corrected chi connectivity index (χ4v) is 2.72. The van der Waals surface area contributed by atoms with Crippen LogP contribution in [-0.4, -0.2) is 44.5 Å². The molecular weight excluding hydrogens is 482 g/mol. The van der Waals surface area contributed by atoms with Gasteiger partial charge in [-0.05, 0) is 29.1 Å². The first kappa shape index (κ1) is 23.2. The molecule has 2 aromatic rings. The van der Waals surface area contributed by atoms with Crippen molar-refractivity contribution in [1.29, 1.82) is 0 Å². The van der Waals surface area contributed by atoms with E-state index in [-0.39, 0.29) is 48.8 Å². The lowest BCUT2D eigenvalue weighted by molar-refractivity contribution is -0.127. The topological polar surface area (TPSA) is 66.0 Å². The van der Waals surface area contributed by atoms with Gasteiger partial charge in [0.2, 0.25) is 5.91 Å². The van der Waals surface area contributed by atoms with Gasteiger partial charge in [0, 0.05) is 25.0 Å². The average molecular weight is 506 g/mol. The van der Waals surface area contributed by atoms with Gasteiger partial charge in [-0.25, -0.2) is 9.38 Å². The Morgan fingerprint density at radius 2 is 2.07 bits per heavy atom. The summed E-state index contributed by atoms with van der Waals surface area (Å²) in [6, 6.07) is 8.44. The molecule has 0 aliphatic carbocycles. The molecular formula is C18H24FIN4O2S. The van der Waals surface area contributed by atoms with Gasteiger partial charge in [0.15, 0.2) is 5.96 Å². The molecule has 0 aliphatic heterocycles. The molecule has 148 valence electrons. The minimum absolute atomic E-state index is 0. The second-order valence-electron chi connectivity index (χ2n) is 5.74. The van der Waals surface area contributed by atoms with E-state index < -0.39 is 0 Å². The Hall–Kier alpha value is -1.88. The number of carbonyl (C=O) groups excluding carboxylic acids is 1. The summed E-state index contributed by atoms with van der Waals surface area (Å²) in [5.41, 5.74) is 0.679. The number of hydrogen-bond acceptors (Lipinski definition) is 4. The second kappa shape index (κ2) is 11.8. The number of amides is 1. The van der Waals surface area contributed by atoms with E-state index in [4.69, 9.17) is 4.74 Å². The summed E-state index contributed by atoms with van der Waals surface area (Å²) >= 11 is 1.63. The van der Waals surface area contributed by atoms with Gasteiger partial charge in [0.25, 0.3) is 0 Å². The minimum Gasteiger partial charge on any atom is -0.497 e. The number of halogens is 2. The van der Waals surface area contributed by atoms with Crippen LogP contribution in [0, 0.1) is 5.82 Å². The molecule has 0 fully saturated rings. The van der Waals surface area contributed by atoms with Crippen LogP contribution in [-0.2, 0) is 17.9 Å². The van der Waals surface area contributed by atoms with Crippen LogP contribution in [0.25, 0.3) is 0 Å². The van der Waals surface area contributed by atoms with Crippen molar-refractivity contribution in [2.24, 2.45) is 4.99 Å². The molecule has 2 rings (SSSR count).